The van der Waals surface area contributed by atoms with Crippen molar-refractivity contribution in [1.82, 2.24) is 0 Å². The van der Waals surface area contributed by atoms with E-state index in [2.05, 4.69) is 6.92 Å². The average molecular weight is 251 g/mol. The van der Waals surface area contributed by atoms with Gasteiger partial charge in [-0.05, 0) is 25.5 Å². The third kappa shape index (κ3) is 4.28. The maximum atomic E-state index is 11.7. The lowest BCUT2D eigenvalue weighted by atomic mass is 10.2. The van der Waals surface area contributed by atoms with Gasteiger partial charge < -0.3 is 15.2 Å². The molecule has 0 saturated carbocycles. The second-order valence-corrected chi connectivity index (χ2v) is 4.03. The van der Waals surface area contributed by atoms with Gasteiger partial charge in [0.25, 0.3) is 0 Å². The molecule has 0 amide bonds. The second kappa shape index (κ2) is 7.58. The molecule has 0 fully saturated rings. The van der Waals surface area contributed by atoms with Gasteiger partial charge in [0.05, 0.1) is 13.2 Å². The molecule has 1 aromatic carbocycles. The number of hydrogen-bond donors (Lipinski definition) is 1. The summed E-state index contributed by atoms with van der Waals surface area (Å²) in [6.07, 6.45) is 3.20. The highest BCUT2D eigenvalue weighted by Crippen LogP contribution is 2.23. The number of ether oxygens (including phenoxy) is 2. The molecule has 100 valence electrons. The van der Waals surface area contributed by atoms with Crippen LogP contribution in [0.2, 0.25) is 0 Å². The van der Waals surface area contributed by atoms with E-state index in [0.717, 1.165) is 19.3 Å². The monoisotopic (exact) mass is 251 g/mol. The smallest absolute Gasteiger partial charge is 0.341 e. The van der Waals surface area contributed by atoms with Gasteiger partial charge in [-0.2, -0.15) is 0 Å². The SMILES string of the molecule is CCCCCOc1cc(N)ccc1C(=O)OCC. The highest BCUT2D eigenvalue weighted by molar-refractivity contribution is 5.93. The molecule has 0 unspecified atom stereocenters. The Morgan fingerprint density at radius 2 is 2.06 bits per heavy atom. The lowest BCUT2D eigenvalue weighted by Gasteiger charge is -2.11. The average Bonchev–Trinajstić information content (AvgIpc) is 2.35. The van der Waals surface area contributed by atoms with Crippen LogP contribution in [0.25, 0.3) is 0 Å². The normalized spacial score (nSPS) is 10.1. The van der Waals surface area contributed by atoms with Crippen molar-refractivity contribution in [2.75, 3.05) is 18.9 Å². The summed E-state index contributed by atoms with van der Waals surface area (Å²) in [7, 11) is 0. The first-order chi connectivity index (χ1) is 8.69. The molecule has 0 bridgehead atoms. The zero-order valence-electron chi connectivity index (χ0n) is 11.1. The van der Waals surface area contributed by atoms with Gasteiger partial charge in [-0.15, -0.1) is 0 Å². The molecule has 0 atom stereocenters. The van der Waals surface area contributed by atoms with Gasteiger partial charge in [0.1, 0.15) is 11.3 Å². The van der Waals surface area contributed by atoms with Crippen LogP contribution in [0, 0.1) is 0 Å². The highest BCUT2D eigenvalue weighted by Gasteiger charge is 2.13. The molecule has 4 heteroatoms. The molecule has 4 nitrogen and oxygen atoms in total. The second-order valence-electron chi connectivity index (χ2n) is 4.03. The van der Waals surface area contributed by atoms with Gasteiger partial charge >= 0.3 is 5.97 Å². The number of anilines is 1. The van der Waals surface area contributed by atoms with Gasteiger partial charge in [0, 0.05) is 11.8 Å². The molecule has 2 N–H and O–H groups in total. The third-order valence-corrected chi connectivity index (χ3v) is 2.51. The number of rotatable bonds is 7. The van der Waals surface area contributed by atoms with E-state index in [9.17, 15) is 4.79 Å². The topological polar surface area (TPSA) is 61.5 Å². The Bertz CT molecular complexity index is 391. The van der Waals surface area contributed by atoms with E-state index in [1.165, 1.54) is 0 Å². The van der Waals surface area contributed by atoms with E-state index in [4.69, 9.17) is 15.2 Å². The number of benzene rings is 1. The minimum absolute atomic E-state index is 0.346. The maximum absolute atomic E-state index is 11.7. The summed E-state index contributed by atoms with van der Waals surface area (Å²) in [5, 5.41) is 0. The quantitative estimate of drug-likeness (QED) is 0.459. The maximum Gasteiger partial charge on any atom is 0.341 e. The zero-order chi connectivity index (χ0) is 13.4. The van der Waals surface area contributed by atoms with E-state index in [0.29, 0.717) is 30.2 Å². The zero-order valence-corrected chi connectivity index (χ0v) is 11.1. The van der Waals surface area contributed by atoms with Crippen molar-refractivity contribution < 1.29 is 14.3 Å². The van der Waals surface area contributed by atoms with Gasteiger partial charge in [0.2, 0.25) is 0 Å². The van der Waals surface area contributed by atoms with Crippen LogP contribution in [-0.2, 0) is 4.74 Å². The van der Waals surface area contributed by atoms with E-state index < -0.39 is 0 Å². The number of esters is 1. The molecule has 0 radical (unpaired) electrons. The van der Waals surface area contributed by atoms with Crippen molar-refractivity contribution in [1.29, 1.82) is 0 Å². The Kier molecular flexibility index (Phi) is 6.05. The summed E-state index contributed by atoms with van der Waals surface area (Å²) >= 11 is 0. The van der Waals surface area contributed by atoms with Crippen molar-refractivity contribution in [3.05, 3.63) is 23.8 Å². The molecule has 0 spiro atoms. The molecular weight excluding hydrogens is 230 g/mol. The van der Waals surface area contributed by atoms with E-state index in [-0.39, 0.29) is 5.97 Å². The van der Waals surface area contributed by atoms with E-state index in [1.807, 2.05) is 0 Å². The van der Waals surface area contributed by atoms with Crippen LogP contribution < -0.4 is 10.5 Å². The first-order valence-electron chi connectivity index (χ1n) is 6.38. The number of unbranched alkanes of at least 4 members (excludes halogenated alkanes) is 2. The molecule has 0 heterocycles. The molecule has 0 aliphatic heterocycles. The first-order valence-corrected chi connectivity index (χ1v) is 6.38. The molecule has 0 aliphatic carbocycles. The van der Waals surface area contributed by atoms with Gasteiger partial charge in [0.15, 0.2) is 0 Å². The Morgan fingerprint density at radius 3 is 2.72 bits per heavy atom. The van der Waals surface area contributed by atoms with Crippen molar-refractivity contribution in [2.24, 2.45) is 0 Å². The van der Waals surface area contributed by atoms with Crippen LogP contribution in [-0.4, -0.2) is 19.2 Å². The summed E-state index contributed by atoms with van der Waals surface area (Å²) in [6, 6.07) is 4.98. The number of nitrogen functional groups attached to an aromatic ring is 1. The molecule has 0 aliphatic rings. The van der Waals surface area contributed by atoms with Crippen molar-refractivity contribution in [2.45, 2.75) is 33.1 Å². The predicted octanol–water partition coefficient (Wildman–Crippen LogP) is 3.01. The van der Waals surface area contributed by atoms with Crippen LogP contribution in [0.5, 0.6) is 5.75 Å². The summed E-state index contributed by atoms with van der Waals surface area (Å²) in [5.74, 6) is 0.132. The van der Waals surface area contributed by atoms with E-state index >= 15 is 0 Å². The molecule has 18 heavy (non-hydrogen) atoms. The van der Waals surface area contributed by atoms with Crippen LogP contribution in [0.15, 0.2) is 18.2 Å². The van der Waals surface area contributed by atoms with E-state index in [1.54, 1.807) is 25.1 Å². The molecule has 0 aromatic heterocycles. The molecular formula is C14H21NO3. The lowest BCUT2D eigenvalue weighted by molar-refractivity contribution is 0.0521. The minimum Gasteiger partial charge on any atom is -0.493 e. The Labute approximate surface area is 108 Å². The number of carbonyl (C=O) groups is 1. The van der Waals surface area contributed by atoms with Gasteiger partial charge in [-0.1, -0.05) is 19.8 Å². The standard InChI is InChI=1S/C14H21NO3/c1-3-5-6-9-18-13-10-11(15)7-8-12(13)14(16)17-4-2/h7-8,10H,3-6,9,15H2,1-2H3. The fraction of sp³-hybridized carbons (Fsp3) is 0.500. The van der Waals surface area contributed by atoms with Crippen molar-refractivity contribution >= 4 is 11.7 Å². The van der Waals surface area contributed by atoms with Crippen LogP contribution in [0.1, 0.15) is 43.5 Å². The Hall–Kier alpha value is -1.71. The first kappa shape index (κ1) is 14.4. The molecule has 1 aromatic rings. The Morgan fingerprint density at radius 1 is 1.28 bits per heavy atom. The number of nitrogens with two attached hydrogens (primary N) is 1. The molecule has 0 saturated heterocycles. The number of hydrogen-bond acceptors (Lipinski definition) is 4. The fourth-order valence-electron chi connectivity index (χ4n) is 1.57. The highest BCUT2D eigenvalue weighted by atomic mass is 16.5. The summed E-state index contributed by atoms with van der Waals surface area (Å²) in [4.78, 5) is 11.7. The van der Waals surface area contributed by atoms with Crippen molar-refractivity contribution in [3.8, 4) is 5.75 Å². The van der Waals surface area contributed by atoms with Crippen molar-refractivity contribution in [3.63, 3.8) is 0 Å². The fourth-order valence-corrected chi connectivity index (χ4v) is 1.57. The molecule has 1 rings (SSSR count). The summed E-state index contributed by atoms with van der Waals surface area (Å²) in [6.45, 7) is 4.84. The largest absolute Gasteiger partial charge is 0.493 e. The van der Waals surface area contributed by atoms with Gasteiger partial charge in [-0.3, -0.25) is 0 Å². The Balaban J connectivity index is 2.73. The number of carbonyl (C=O) groups excluding carboxylic acids is 1. The van der Waals surface area contributed by atoms with Crippen LogP contribution in [0.4, 0.5) is 5.69 Å². The lowest BCUT2D eigenvalue weighted by Crippen LogP contribution is -2.09. The minimum atomic E-state index is -0.372. The third-order valence-electron chi connectivity index (χ3n) is 2.51. The van der Waals surface area contributed by atoms with Crippen LogP contribution >= 0.6 is 0 Å². The summed E-state index contributed by atoms with van der Waals surface area (Å²) < 4.78 is 10.6. The van der Waals surface area contributed by atoms with Crippen LogP contribution in [0.3, 0.4) is 0 Å². The predicted molar refractivity (Wildman–Crippen MR) is 71.8 cm³/mol. The van der Waals surface area contributed by atoms with Gasteiger partial charge in [-0.25, -0.2) is 4.79 Å². The summed E-state index contributed by atoms with van der Waals surface area (Å²) in [5.41, 5.74) is 6.71.